The first-order chi connectivity index (χ1) is 11.6. The van der Waals surface area contributed by atoms with E-state index < -0.39 is 4.92 Å². The van der Waals surface area contributed by atoms with E-state index in [1.807, 2.05) is 12.1 Å². The normalized spacial score (nSPS) is 10.8. The molecule has 0 spiro atoms. The number of hydrogen-bond acceptors (Lipinski definition) is 6. The lowest BCUT2D eigenvalue weighted by Gasteiger charge is -1.95. The number of carbonyl (C=O) groups excluding carboxylic acids is 1. The molecule has 0 aliphatic heterocycles. The average molecular weight is 337 g/mol. The number of pyridine rings is 1. The Hall–Kier alpha value is -3.19. The minimum absolute atomic E-state index is 0.0425. The van der Waals surface area contributed by atoms with Crippen LogP contribution in [0.4, 0.5) is 5.69 Å². The zero-order valence-corrected chi connectivity index (χ0v) is 13.1. The van der Waals surface area contributed by atoms with Crippen LogP contribution in [0.25, 0.3) is 16.6 Å². The van der Waals surface area contributed by atoms with Crippen molar-refractivity contribution in [3.63, 3.8) is 0 Å². The van der Waals surface area contributed by atoms with Crippen LogP contribution in [0.1, 0.15) is 15.2 Å². The molecule has 0 amide bonds. The summed E-state index contributed by atoms with van der Waals surface area (Å²) in [6.45, 7) is 0. The number of aromatic nitrogens is 2. The maximum absolute atomic E-state index is 12.1. The lowest BCUT2D eigenvalue weighted by molar-refractivity contribution is -0.384. The highest BCUT2D eigenvalue weighted by Gasteiger charge is 2.08. The molecule has 0 saturated heterocycles. The summed E-state index contributed by atoms with van der Waals surface area (Å²) in [5, 5.41) is 11.4. The second-order valence-electron chi connectivity index (χ2n) is 4.81. The standard InChI is InChI=1S/C17H11N3O3S/c21-16(12-3-5-14(6-4-12)20(22)23)8-7-15-11-19-17(24-15)13-2-1-9-18-10-13/h1-11H. The number of rotatable bonds is 5. The van der Waals surface area contributed by atoms with Gasteiger partial charge in [0, 0.05) is 46.7 Å². The van der Waals surface area contributed by atoms with Crippen LogP contribution >= 0.6 is 11.3 Å². The second kappa shape index (κ2) is 6.93. The van der Waals surface area contributed by atoms with Crippen molar-refractivity contribution < 1.29 is 9.72 Å². The Morgan fingerprint density at radius 1 is 1.17 bits per heavy atom. The van der Waals surface area contributed by atoms with Gasteiger partial charge < -0.3 is 0 Å². The third-order valence-corrected chi connectivity index (χ3v) is 4.21. The van der Waals surface area contributed by atoms with E-state index in [4.69, 9.17) is 0 Å². The van der Waals surface area contributed by atoms with Gasteiger partial charge in [0.05, 0.1) is 4.92 Å². The van der Waals surface area contributed by atoms with Gasteiger partial charge in [-0.25, -0.2) is 4.98 Å². The summed E-state index contributed by atoms with van der Waals surface area (Å²) in [7, 11) is 0. The van der Waals surface area contributed by atoms with Gasteiger partial charge >= 0.3 is 0 Å². The molecule has 118 valence electrons. The molecule has 0 saturated carbocycles. The molecule has 3 aromatic rings. The van der Waals surface area contributed by atoms with Crippen LogP contribution in [0, 0.1) is 10.1 Å². The van der Waals surface area contributed by atoms with Crippen LogP contribution in [0.15, 0.2) is 61.1 Å². The summed E-state index contributed by atoms with van der Waals surface area (Å²) in [4.78, 5) is 31.4. The highest BCUT2D eigenvalue weighted by molar-refractivity contribution is 7.15. The maximum Gasteiger partial charge on any atom is 0.269 e. The number of carbonyl (C=O) groups is 1. The van der Waals surface area contributed by atoms with Gasteiger partial charge in [-0.05, 0) is 36.4 Å². The Bertz CT molecular complexity index is 902. The van der Waals surface area contributed by atoms with Gasteiger partial charge in [0.1, 0.15) is 5.01 Å². The Labute approximate surface area is 141 Å². The van der Waals surface area contributed by atoms with Crippen LogP contribution in [-0.2, 0) is 0 Å². The lowest BCUT2D eigenvalue weighted by Crippen LogP contribution is -1.94. The van der Waals surface area contributed by atoms with E-state index in [2.05, 4.69) is 9.97 Å². The molecule has 3 rings (SSSR count). The molecular formula is C17H11N3O3S. The predicted molar refractivity (Wildman–Crippen MR) is 91.8 cm³/mol. The fourth-order valence-corrected chi connectivity index (χ4v) is 2.80. The number of non-ortho nitro benzene ring substituents is 1. The van der Waals surface area contributed by atoms with Gasteiger partial charge in [0.25, 0.3) is 5.69 Å². The predicted octanol–water partition coefficient (Wildman–Crippen LogP) is 4.01. The van der Waals surface area contributed by atoms with Gasteiger partial charge in [0.2, 0.25) is 0 Å². The molecule has 2 heterocycles. The minimum Gasteiger partial charge on any atom is -0.289 e. The largest absolute Gasteiger partial charge is 0.289 e. The van der Waals surface area contributed by atoms with Gasteiger partial charge in [0.15, 0.2) is 5.78 Å². The molecule has 0 aliphatic rings. The van der Waals surface area contributed by atoms with E-state index in [1.165, 1.54) is 41.7 Å². The van der Waals surface area contributed by atoms with E-state index in [0.29, 0.717) is 5.56 Å². The molecule has 6 nitrogen and oxygen atoms in total. The van der Waals surface area contributed by atoms with Gasteiger partial charge in [-0.3, -0.25) is 19.9 Å². The molecular weight excluding hydrogens is 326 g/mol. The van der Waals surface area contributed by atoms with E-state index in [1.54, 1.807) is 24.7 Å². The first-order valence-electron chi connectivity index (χ1n) is 6.96. The first-order valence-corrected chi connectivity index (χ1v) is 7.78. The quantitative estimate of drug-likeness (QED) is 0.304. The fraction of sp³-hybridized carbons (Fsp3) is 0. The van der Waals surface area contributed by atoms with Crippen molar-refractivity contribution in [2.45, 2.75) is 0 Å². The van der Waals surface area contributed by atoms with Crippen molar-refractivity contribution in [1.82, 2.24) is 9.97 Å². The van der Waals surface area contributed by atoms with Crippen LogP contribution in [0.2, 0.25) is 0 Å². The average Bonchev–Trinajstić information content (AvgIpc) is 3.09. The van der Waals surface area contributed by atoms with Crippen molar-refractivity contribution in [3.8, 4) is 10.6 Å². The van der Waals surface area contributed by atoms with Crippen LogP contribution in [0.3, 0.4) is 0 Å². The Morgan fingerprint density at radius 2 is 1.96 bits per heavy atom. The maximum atomic E-state index is 12.1. The van der Waals surface area contributed by atoms with Crippen molar-refractivity contribution >= 4 is 28.9 Å². The molecule has 0 atom stereocenters. The second-order valence-corrected chi connectivity index (χ2v) is 5.87. The molecule has 24 heavy (non-hydrogen) atoms. The Kier molecular flexibility index (Phi) is 4.53. The zero-order valence-electron chi connectivity index (χ0n) is 12.3. The van der Waals surface area contributed by atoms with E-state index in [9.17, 15) is 14.9 Å². The highest BCUT2D eigenvalue weighted by atomic mass is 32.1. The van der Waals surface area contributed by atoms with Crippen molar-refractivity contribution in [3.05, 3.63) is 81.6 Å². The van der Waals surface area contributed by atoms with E-state index >= 15 is 0 Å². The first kappa shape index (κ1) is 15.7. The molecule has 0 radical (unpaired) electrons. The van der Waals surface area contributed by atoms with E-state index in [-0.39, 0.29) is 11.5 Å². The number of thiazole rings is 1. The molecule has 0 N–H and O–H groups in total. The Balaban J connectivity index is 1.72. The smallest absolute Gasteiger partial charge is 0.269 e. The summed E-state index contributed by atoms with van der Waals surface area (Å²) in [6, 6.07) is 9.27. The molecule has 0 fully saturated rings. The van der Waals surface area contributed by atoms with Crippen molar-refractivity contribution in [2.75, 3.05) is 0 Å². The molecule has 2 aromatic heterocycles. The van der Waals surface area contributed by atoms with Gasteiger partial charge in [-0.15, -0.1) is 11.3 Å². The summed E-state index contributed by atoms with van der Waals surface area (Å²) in [5.74, 6) is -0.221. The van der Waals surface area contributed by atoms with Gasteiger partial charge in [-0.1, -0.05) is 0 Å². The molecule has 0 unspecified atom stereocenters. The summed E-state index contributed by atoms with van der Waals surface area (Å²) in [5.41, 5.74) is 1.27. The molecule has 0 bridgehead atoms. The SMILES string of the molecule is O=C(C=Cc1cnc(-c2cccnc2)s1)c1ccc([N+](=O)[O-])cc1. The molecule has 1 aromatic carbocycles. The summed E-state index contributed by atoms with van der Waals surface area (Å²) < 4.78 is 0. The minimum atomic E-state index is -0.499. The van der Waals surface area contributed by atoms with Crippen molar-refractivity contribution in [1.29, 1.82) is 0 Å². The monoisotopic (exact) mass is 337 g/mol. The number of nitro groups is 1. The Morgan fingerprint density at radius 3 is 2.62 bits per heavy atom. The zero-order chi connectivity index (χ0) is 16.9. The van der Waals surface area contributed by atoms with Gasteiger partial charge in [-0.2, -0.15) is 0 Å². The highest BCUT2D eigenvalue weighted by Crippen LogP contribution is 2.25. The number of ketones is 1. The third-order valence-electron chi connectivity index (χ3n) is 3.19. The topological polar surface area (TPSA) is 86.0 Å². The molecule has 7 heteroatoms. The third kappa shape index (κ3) is 3.58. The fourth-order valence-electron chi connectivity index (χ4n) is 1.99. The van der Waals surface area contributed by atoms with Crippen molar-refractivity contribution in [2.24, 2.45) is 0 Å². The summed E-state index contributed by atoms with van der Waals surface area (Å²) in [6.07, 6.45) is 8.23. The lowest BCUT2D eigenvalue weighted by atomic mass is 10.1. The number of hydrogen-bond donors (Lipinski definition) is 0. The number of nitro benzene ring substituents is 1. The number of nitrogens with zero attached hydrogens (tertiary/aromatic N) is 3. The van der Waals surface area contributed by atoms with Crippen LogP contribution < -0.4 is 0 Å². The van der Waals surface area contributed by atoms with Crippen LogP contribution in [0.5, 0.6) is 0 Å². The van der Waals surface area contributed by atoms with Crippen LogP contribution in [-0.4, -0.2) is 20.7 Å². The number of allylic oxidation sites excluding steroid dienone is 1. The number of benzene rings is 1. The summed E-state index contributed by atoms with van der Waals surface area (Å²) >= 11 is 1.45. The molecule has 0 aliphatic carbocycles. The van der Waals surface area contributed by atoms with E-state index in [0.717, 1.165) is 15.4 Å².